The molecule has 0 N–H and O–H groups in total. The van der Waals surface area contributed by atoms with E-state index in [-0.39, 0.29) is 19.1 Å². The Labute approximate surface area is 217 Å². The first kappa shape index (κ1) is 27.9. The fraction of sp³-hybridized carbons (Fsp3) is 0.481. The van der Waals surface area contributed by atoms with Gasteiger partial charge in [-0.3, -0.25) is 9.69 Å². The van der Waals surface area contributed by atoms with Crippen LogP contribution in [0.2, 0.25) is 0 Å². The lowest BCUT2D eigenvalue weighted by Gasteiger charge is -2.46. The van der Waals surface area contributed by atoms with Crippen LogP contribution >= 0.6 is 0 Å². The van der Waals surface area contributed by atoms with E-state index in [0.717, 1.165) is 18.4 Å². The fourth-order valence-electron chi connectivity index (χ4n) is 4.12. The van der Waals surface area contributed by atoms with Gasteiger partial charge < -0.3 is 33.2 Å². The Morgan fingerprint density at radius 2 is 1.57 bits per heavy atom. The van der Waals surface area contributed by atoms with Crippen molar-refractivity contribution in [2.75, 3.05) is 53.2 Å². The van der Waals surface area contributed by atoms with Crippen LogP contribution < -0.4 is 28.6 Å². The molecule has 0 aromatic heterocycles. The van der Waals surface area contributed by atoms with E-state index in [2.05, 4.69) is 6.92 Å². The summed E-state index contributed by atoms with van der Waals surface area (Å²) in [5, 5.41) is 0. The SMILES string of the molecule is CCCCOc1cc([C@H]2[C@@H](OCC(=O)OCC)C(=O)N2c2cc(OC)c(OC)c(OC)c2)ccc1OC. The number of β-lactam (4-membered cyclic amide) rings is 1. The Balaban J connectivity index is 2.03. The van der Waals surface area contributed by atoms with Gasteiger partial charge in [-0.1, -0.05) is 19.4 Å². The molecule has 1 heterocycles. The van der Waals surface area contributed by atoms with Crippen molar-refractivity contribution in [2.45, 2.75) is 38.8 Å². The highest BCUT2D eigenvalue weighted by Crippen LogP contribution is 2.48. The minimum Gasteiger partial charge on any atom is -0.493 e. The van der Waals surface area contributed by atoms with E-state index >= 15 is 0 Å². The molecule has 202 valence electrons. The molecule has 3 rings (SSSR count). The lowest BCUT2D eigenvalue weighted by molar-refractivity contribution is -0.157. The van der Waals surface area contributed by atoms with E-state index in [1.54, 1.807) is 37.1 Å². The second kappa shape index (κ2) is 13.0. The second-order valence-corrected chi connectivity index (χ2v) is 8.19. The minimum absolute atomic E-state index is 0.221. The zero-order valence-electron chi connectivity index (χ0n) is 22.2. The van der Waals surface area contributed by atoms with Crippen molar-refractivity contribution < 1.29 is 42.7 Å². The first-order valence-corrected chi connectivity index (χ1v) is 12.1. The number of amides is 1. The first-order chi connectivity index (χ1) is 17.9. The molecule has 2 atom stereocenters. The summed E-state index contributed by atoms with van der Waals surface area (Å²) in [6.45, 7) is 4.19. The molecule has 0 saturated carbocycles. The molecule has 37 heavy (non-hydrogen) atoms. The van der Waals surface area contributed by atoms with Gasteiger partial charge in [0, 0.05) is 12.1 Å². The third-order valence-electron chi connectivity index (χ3n) is 5.94. The number of rotatable bonds is 14. The molecule has 0 radical (unpaired) electrons. The van der Waals surface area contributed by atoms with E-state index in [4.69, 9.17) is 33.2 Å². The van der Waals surface area contributed by atoms with Crippen molar-refractivity contribution in [3.05, 3.63) is 35.9 Å². The van der Waals surface area contributed by atoms with Crippen molar-refractivity contribution in [1.29, 1.82) is 0 Å². The van der Waals surface area contributed by atoms with Gasteiger partial charge in [-0.05, 0) is 31.0 Å². The molecule has 1 fully saturated rings. The predicted molar refractivity (Wildman–Crippen MR) is 136 cm³/mol. The quantitative estimate of drug-likeness (QED) is 0.209. The van der Waals surface area contributed by atoms with Gasteiger partial charge in [-0.15, -0.1) is 0 Å². The zero-order chi connectivity index (χ0) is 26.9. The van der Waals surface area contributed by atoms with Gasteiger partial charge in [0.05, 0.1) is 53.4 Å². The molecular weight excluding hydrogens is 482 g/mol. The number of esters is 1. The third-order valence-corrected chi connectivity index (χ3v) is 5.94. The number of hydrogen-bond donors (Lipinski definition) is 0. The van der Waals surface area contributed by atoms with Crippen LogP contribution in [0.4, 0.5) is 5.69 Å². The van der Waals surface area contributed by atoms with E-state index in [1.807, 2.05) is 12.1 Å². The third kappa shape index (κ3) is 6.02. The summed E-state index contributed by atoms with van der Waals surface area (Å²) < 4.78 is 38.5. The summed E-state index contributed by atoms with van der Waals surface area (Å²) in [6, 6.07) is 8.27. The smallest absolute Gasteiger partial charge is 0.332 e. The highest BCUT2D eigenvalue weighted by molar-refractivity contribution is 6.05. The molecule has 2 aromatic carbocycles. The summed E-state index contributed by atoms with van der Waals surface area (Å²) in [6.07, 6.45) is 0.955. The summed E-state index contributed by atoms with van der Waals surface area (Å²) in [5.41, 5.74) is 1.26. The number of unbranched alkanes of at least 4 members (excludes halogenated alkanes) is 1. The average molecular weight is 518 g/mol. The number of benzene rings is 2. The molecule has 1 aliphatic heterocycles. The highest BCUT2D eigenvalue weighted by atomic mass is 16.6. The molecule has 0 spiro atoms. The van der Waals surface area contributed by atoms with Gasteiger partial charge in [-0.2, -0.15) is 0 Å². The normalized spacial score (nSPS) is 16.6. The summed E-state index contributed by atoms with van der Waals surface area (Å²) >= 11 is 0. The van der Waals surface area contributed by atoms with Gasteiger partial charge in [0.15, 0.2) is 29.1 Å². The number of anilines is 1. The summed E-state index contributed by atoms with van der Waals surface area (Å²) in [7, 11) is 6.09. The average Bonchev–Trinajstić information content (AvgIpc) is 2.91. The number of hydrogen-bond acceptors (Lipinski definition) is 9. The van der Waals surface area contributed by atoms with Crippen molar-refractivity contribution in [1.82, 2.24) is 0 Å². The van der Waals surface area contributed by atoms with E-state index in [0.29, 0.717) is 41.0 Å². The molecule has 0 unspecified atom stereocenters. The molecule has 1 amide bonds. The first-order valence-electron chi connectivity index (χ1n) is 12.1. The van der Waals surface area contributed by atoms with Crippen molar-refractivity contribution >= 4 is 17.6 Å². The van der Waals surface area contributed by atoms with Crippen LogP contribution in [0.25, 0.3) is 0 Å². The minimum atomic E-state index is -0.916. The van der Waals surface area contributed by atoms with E-state index < -0.39 is 18.1 Å². The molecule has 10 heteroatoms. The monoisotopic (exact) mass is 517 g/mol. The van der Waals surface area contributed by atoms with Gasteiger partial charge in [0.2, 0.25) is 5.75 Å². The Bertz CT molecular complexity index is 1060. The number of carbonyl (C=O) groups excluding carboxylic acids is 2. The van der Waals surface area contributed by atoms with Crippen molar-refractivity contribution in [3.63, 3.8) is 0 Å². The maximum Gasteiger partial charge on any atom is 0.332 e. The van der Waals surface area contributed by atoms with E-state index in [9.17, 15) is 9.59 Å². The standard InChI is InChI=1S/C27H35NO9/c1-7-9-12-36-20-13-17(10-11-19(20)31-3)24-26(37-16-23(29)35-8-2)27(30)28(24)18-14-21(32-4)25(34-6)22(15-18)33-5/h10-11,13-15,24,26H,7-9,12,16H2,1-6H3/t24-,26+/m0/s1. The van der Waals surface area contributed by atoms with Crippen LogP contribution in [-0.2, 0) is 19.1 Å². The lowest BCUT2D eigenvalue weighted by atomic mass is 9.89. The maximum absolute atomic E-state index is 13.4. The number of nitrogens with zero attached hydrogens (tertiary/aromatic N) is 1. The van der Waals surface area contributed by atoms with Crippen LogP contribution in [0.1, 0.15) is 38.3 Å². The molecule has 10 nitrogen and oxygen atoms in total. The maximum atomic E-state index is 13.4. The molecule has 1 saturated heterocycles. The summed E-state index contributed by atoms with van der Waals surface area (Å²) in [4.78, 5) is 26.9. The van der Waals surface area contributed by atoms with Crippen LogP contribution in [0.15, 0.2) is 30.3 Å². The van der Waals surface area contributed by atoms with Crippen LogP contribution in [0.3, 0.4) is 0 Å². The Morgan fingerprint density at radius 3 is 2.14 bits per heavy atom. The van der Waals surface area contributed by atoms with Gasteiger partial charge in [0.25, 0.3) is 5.91 Å². The van der Waals surface area contributed by atoms with E-state index in [1.165, 1.54) is 21.3 Å². The highest BCUT2D eigenvalue weighted by Gasteiger charge is 2.51. The van der Waals surface area contributed by atoms with Gasteiger partial charge in [-0.25, -0.2) is 4.79 Å². The van der Waals surface area contributed by atoms with Crippen LogP contribution in [0, 0.1) is 0 Å². The van der Waals surface area contributed by atoms with Gasteiger partial charge in [0.1, 0.15) is 6.61 Å². The van der Waals surface area contributed by atoms with Crippen LogP contribution in [-0.4, -0.2) is 66.2 Å². The Hall–Kier alpha value is -3.66. The molecule has 1 aliphatic rings. The summed E-state index contributed by atoms with van der Waals surface area (Å²) in [5.74, 6) is 1.47. The van der Waals surface area contributed by atoms with Crippen molar-refractivity contribution in [2.24, 2.45) is 0 Å². The molecule has 2 aromatic rings. The number of carbonyl (C=O) groups is 2. The van der Waals surface area contributed by atoms with Crippen molar-refractivity contribution in [3.8, 4) is 28.7 Å². The number of ether oxygens (including phenoxy) is 7. The largest absolute Gasteiger partial charge is 0.493 e. The Kier molecular flexibility index (Phi) is 9.85. The predicted octanol–water partition coefficient (Wildman–Crippen LogP) is 3.94. The zero-order valence-corrected chi connectivity index (χ0v) is 22.2. The Morgan fingerprint density at radius 1 is 0.892 bits per heavy atom. The molecular formula is C27H35NO9. The lowest BCUT2D eigenvalue weighted by Crippen LogP contribution is -2.60. The molecule has 0 bridgehead atoms. The fourth-order valence-corrected chi connectivity index (χ4v) is 4.12. The van der Waals surface area contributed by atoms with Crippen LogP contribution in [0.5, 0.6) is 28.7 Å². The number of methoxy groups -OCH3 is 4. The molecule has 0 aliphatic carbocycles. The topological polar surface area (TPSA) is 102 Å². The second-order valence-electron chi connectivity index (χ2n) is 8.19. The van der Waals surface area contributed by atoms with Gasteiger partial charge >= 0.3 is 5.97 Å².